The fourth-order valence-corrected chi connectivity index (χ4v) is 3.59. The summed E-state index contributed by atoms with van der Waals surface area (Å²) in [6, 6.07) is -5.26. The first-order valence-corrected chi connectivity index (χ1v) is 12.6. The molecule has 0 aliphatic rings. The first-order chi connectivity index (χ1) is 17.4. The summed E-state index contributed by atoms with van der Waals surface area (Å²) < 4.78 is 0. The molecule has 0 unspecified atom stereocenters. The molecule has 1 aromatic rings. The number of carbonyl (C=O) groups excluding carboxylic acids is 6. The lowest BCUT2D eigenvalue weighted by Gasteiger charge is -2.26. The van der Waals surface area contributed by atoms with Crippen molar-refractivity contribution in [2.75, 3.05) is 11.5 Å². The van der Waals surface area contributed by atoms with Gasteiger partial charge in [0.15, 0.2) is 0 Å². The van der Waals surface area contributed by atoms with E-state index >= 15 is 0 Å². The van der Waals surface area contributed by atoms with Gasteiger partial charge in [0, 0.05) is 29.8 Å². The normalized spacial score (nSPS) is 14.9. The van der Waals surface area contributed by atoms with Crippen LogP contribution < -0.4 is 32.3 Å². The van der Waals surface area contributed by atoms with E-state index < -0.39 is 59.7 Å². The van der Waals surface area contributed by atoms with Crippen LogP contribution in [-0.4, -0.2) is 87.6 Å². The number of nitrogens with one attached hydrogen (secondary N) is 6. The smallest absolute Gasteiger partial charge is 0.244 e. The zero-order chi connectivity index (χ0) is 28.1. The van der Waals surface area contributed by atoms with Gasteiger partial charge in [0.25, 0.3) is 0 Å². The van der Waals surface area contributed by atoms with Crippen molar-refractivity contribution in [1.29, 1.82) is 0 Å². The molecule has 0 aromatic carbocycles. The van der Waals surface area contributed by atoms with Gasteiger partial charge in [0.05, 0.1) is 6.33 Å². The number of primary amides is 1. The molecule has 6 amide bonds. The fraction of sp³-hybridized carbons (Fsp3) is 0.571. The van der Waals surface area contributed by atoms with Gasteiger partial charge in [-0.1, -0.05) is 13.8 Å². The molecule has 0 aliphatic carbocycles. The molecule has 5 atom stereocenters. The number of nitrogens with zero attached hydrogens (tertiary/aromatic N) is 1. The minimum absolute atomic E-state index is 0.00966. The maximum atomic E-state index is 13.0. The Balaban J connectivity index is 2.93. The van der Waals surface area contributed by atoms with Gasteiger partial charge in [-0.2, -0.15) is 25.3 Å². The van der Waals surface area contributed by atoms with Crippen LogP contribution in [0.1, 0.15) is 26.5 Å². The summed E-state index contributed by atoms with van der Waals surface area (Å²) in [6.07, 6.45) is 3.24. The van der Waals surface area contributed by atoms with Gasteiger partial charge in [-0.3, -0.25) is 28.8 Å². The standard InChI is InChI=1S/C21H34N8O6S2/c1-10(2)16(21(35)28-14(6-36)17(22)31)29-18(32)11(3)26-19(33)13(4-12-5-23-8-24-12)27-20(34)15(7-37)25-9-30/h5,8-11,13-16,36-37H,4,6-7H2,1-3H3,(H2,22,31)(H,23,24)(H,25,30)(H,26,33)(H,27,34)(H,28,35)(H,29,32)/t11-,13-,14-,15-,16-/m0/s1. The van der Waals surface area contributed by atoms with E-state index in [1.54, 1.807) is 13.8 Å². The Labute approximate surface area is 225 Å². The second-order valence-electron chi connectivity index (χ2n) is 8.47. The fourth-order valence-electron chi connectivity index (χ4n) is 3.05. The molecule has 16 heteroatoms. The summed E-state index contributed by atoms with van der Waals surface area (Å²) in [5.41, 5.74) is 5.77. The number of nitrogens with two attached hydrogens (primary N) is 1. The highest BCUT2D eigenvalue weighted by Crippen LogP contribution is 2.05. The molecule has 0 aliphatic heterocycles. The molecule has 1 rings (SSSR count). The molecule has 8 N–H and O–H groups in total. The number of aromatic nitrogens is 2. The third-order valence-corrected chi connectivity index (χ3v) is 5.95. The number of imidazole rings is 1. The SMILES string of the molecule is CC(C)[C@H](NC(=O)[C@H](C)NC(=O)[C@H](Cc1cnc[nH]1)NC(=O)[C@H](CS)NC=O)C(=O)N[C@@H](CS)C(N)=O. The highest BCUT2D eigenvalue weighted by atomic mass is 32.1. The summed E-state index contributed by atoms with van der Waals surface area (Å²) in [5.74, 6) is -3.82. The quantitative estimate of drug-likeness (QED) is 0.0757. The van der Waals surface area contributed by atoms with Crippen molar-refractivity contribution in [2.24, 2.45) is 11.7 Å². The van der Waals surface area contributed by atoms with Gasteiger partial charge in [0.2, 0.25) is 35.9 Å². The lowest BCUT2D eigenvalue weighted by atomic mass is 10.0. The van der Waals surface area contributed by atoms with Crippen molar-refractivity contribution in [3.05, 3.63) is 18.2 Å². The predicted octanol–water partition coefficient (Wildman–Crippen LogP) is -2.97. The van der Waals surface area contributed by atoms with E-state index in [0.29, 0.717) is 12.1 Å². The highest BCUT2D eigenvalue weighted by molar-refractivity contribution is 7.80. The van der Waals surface area contributed by atoms with Gasteiger partial charge >= 0.3 is 0 Å². The van der Waals surface area contributed by atoms with Crippen molar-refractivity contribution >= 4 is 61.2 Å². The summed E-state index contributed by atoms with van der Waals surface area (Å²) >= 11 is 8.01. The second-order valence-corrected chi connectivity index (χ2v) is 9.20. The largest absolute Gasteiger partial charge is 0.368 e. The predicted molar refractivity (Wildman–Crippen MR) is 140 cm³/mol. The number of amides is 6. The van der Waals surface area contributed by atoms with Gasteiger partial charge in [-0.25, -0.2) is 4.98 Å². The molecule has 0 saturated carbocycles. The van der Waals surface area contributed by atoms with Crippen LogP contribution in [0, 0.1) is 5.92 Å². The molecular weight excluding hydrogens is 524 g/mol. The first kappa shape index (κ1) is 31.8. The Bertz CT molecular complexity index is 945. The number of H-pyrrole nitrogens is 1. The molecule has 1 heterocycles. The maximum Gasteiger partial charge on any atom is 0.244 e. The van der Waals surface area contributed by atoms with Crippen molar-refractivity contribution < 1.29 is 28.8 Å². The number of thiol groups is 2. The number of rotatable bonds is 16. The van der Waals surface area contributed by atoms with E-state index in [0.717, 1.165) is 0 Å². The summed E-state index contributed by atoms with van der Waals surface area (Å²) in [7, 11) is 0. The average molecular weight is 559 g/mol. The molecular formula is C21H34N8O6S2. The Morgan fingerprint density at radius 2 is 1.51 bits per heavy atom. The monoisotopic (exact) mass is 558 g/mol. The maximum absolute atomic E-state index is 13.0. The summed E-state index contributed by atoms with van der Waals surface area (Å²) in [5, 5.41) is 12.3. The Morgan fingerprint density at radius 1 is 0.919 bits per heavy atom. The molecule has 0 fully saturated rings. The van der Waals surface area contributed by atoms with Gasteiger partial charge in [0.1, 0.15) is 30.2 Å². The van der Waals surface area contributed by atoms with E-state index in [2.05, 4.69) is 61.8 Å². The molecule has 1 aromatic heterocycles. The molecule has 0 radical (unpaired) electrons. The number of aromatic amines is 1. The van der Waals surface area contributed by atoms with Gasteiger partial charge in [-0.15, -0.1) is 0 Å². The summed E-state index contributed by atoms with van der Waals surface area (Å²) in [6.45, 7) is 4.78. The molecule has 37 heavy (non-hydrogen) atoms. The lowest BCUT2D eigenvalue weighted by molar-refractivity contribution is -0.134. The van der Waals surface area contributed by atoms with Crippen molar-refractivity contribution in [3.63, 3.8) is 0 Å². The van der Waals surface area contributed by atoms with Crippen LogP contribution in [-0.2, 0) is 35.2 Å². The third-order valence-electron chi connectivity index (χ3n) is 5.22. The first-order valence-electron chi connectivity index (χ1n) is 11.3. The molecule has 0 saturated heterocycles. The molecule has 0 spiro atoms. The zero-order valence-corrected chi connectivity index (χ0v) is 22.5. The number of hydrogen-bond donors (Lipinski definition) is 9. The van der Waals surface area contributed by atoms with Gasteiger partial charge < -0.3 is 37.3 Å². The van der Waals surface area contributed by atoms with E-state index in [-0.39, 0.29) is 23.8 Å². The molecule has 206 valence electrons. The number of hydrogen-bond acceptors (Lipinski definition) is 9. The highest BCUT2D eigenvalue weighted by Gasteiger charge is 2.31. The number of carbonyl (C=O) groups is 6. The van der Waals surface area contributed by atoms with E-state index in [9.17, 15) is 28.8 Å². The van der Waals surface area contributed by atoms with Gasteiger partial charge in [-0.05, 0) is 12.8 Å². The van der Waals surface area contributed by atoms with E-state index in [1.165, 1.54) is 19.4 Å². The Hall–Kier alpha value is -3.27. The zero-order valence-electron chi connectivity index (χ0n) is 20.7. The minimum atomic E-state index is -1.13. The van der Waals surface area contributed by atoms with E-state index in [4.69, 9.17) is 5.73 Å². The Kier molecular flexibility index (Phi) is 13.5. The summed E-state index contributed by atoms with van der Waals surface area (Å²) in [4.78, 5) is 79.9. The lowest BCUT2D eigenvalue weighted by Crippen LogP contribution is -2.59. The Morgan fingerprint density at radius 3 is 2.00 bits per heavy atom. The van der Waals surface area contributed by atoms with Crippen LogP contribution in [0.3, 0.4) is 0 Å². The van der Waals surface area contributed by atoms with E-state index in [1.807, 2.05) is 0 Å². The van der Waals surface area contributed by atoms with Crippen LogP contribution in [0.5, 0.6) is 0 Å². The molecule has 0 bridgehead atoms. The third kappa shape index (κ3) is 10.3. The topological polar surface area (TPSA) is 217 Å². The van der Waals surface area contributed by atoms with Crippen LogP contribution in [0.4, 0.5) is 0 Å². The van der Waals surface area contributed by atoms with Crippen LogP contribution in [0.15, 0.2) is 12.5 Å². The van der Waals surface area contributed by atoms with Crippen LogP contribution >= 0.6 is 25.3 Å². The van der Waals surface area contributed by atoms with Crippen molar-refractivity contribution in [1.82, 2.24) is 36.6 Å². The second kappa shape index (κ2) is 15.8. The molecule has 14 nitrogen and oxygen atoms in total. The minimum Gasteiger partial charge on any atom is -0.368 e. The van der Waals surface area contributed by atoms with Crippen LogP contribution in [0.25, 0.3) is 0 Å². The van der Waals surface area contributed by atoms with Crippen molar-refractivity contribution in [2.45, 2.75) is 57.4 Å². The average Bonchev–Trinajstić information content (AvgIpc) is 3.36. The van der Waals surface area contributed by atoms with Crippen molar-refractivity contribution in [3.8, 4) is 0 Å². The van der Waals surface area contributed by atoms with Crippen LogP contribution in [0.2, 0.25) is 0 Å².